The fourth-order valence-corrected chi connectivity index (χ4v) is 2.20. The largest absolute Gasteiger partial charge is 0.387 e. The second-order valence-electron chi connectivity index (χ2n) is 5.18. The SMILES string of the molecule is CCCCCCCCCCC(O)c1ccc(F)cn1. The Morgan fingerprint density at radius 1 is 1.05 bits per heavy atom. The van der Waals surface area contributed by atoms with Crippen molar-refractivity contribution in [3.8, 4) is 0 Å². The number of hydrogen-bond donors (Lipinski definition) is 1. The zero-order valence-corrected chi connectivity index (χ0v) is 11.9. The van der Waals surface area contributed by atoms with Crippen LogP contribution in [0.1, 0.15) is 76.5 Å². The summed E-state index contributed by atoms with van der Waals surface area (Å²) in [6.07, 6.45) is 11.3. The van der Waals surface area contributed by atoms with Gasteiger partial charge in [0.2, 0.25) is 0 Å². The molecule has 108 valence electrons. The molecule has 0 aliphatic carbocycles. The molecule has 0 saturated heterocycles. The summed E-state index contributed by atoms with van der Waals surface area (Å²) in [5, 5.41) is 9.90. The molecule has 0 aliphatic heterocycles. The average Bonchev–Trinajstić information content (AvgIpc) is 2.42. The second-order valence-corrected chi connectivity index (χ2v) is 5.18. The monoisotopic (exact) mass is 267 g/mol. The fourth-order valence-electron chi connectivity index (χ4n) is 2.20. The summed E-state index contributed by atoms with van der Waals surface area (Å²) in [4.78, 5) is 3.90. The standard InChI is InChI=1S/C16H26FNO/c1-2-3-4-5-6-7-8-9-10-16(19)15-12-11-14(17)13-18-15/h11-13,16,19H,2-10H2,1H3. The molecule has 0 amide bonds. The molecule has 1 aromatic rings. The number of aliphatic hydroxyl groups is 1. The maximum absolute atomic E-state index is 12.7. The van der Waals surface area contributed by atoms with E-state index >= 15 is 0 Å². The zero-order chi connectivity index (χ0) is 13.9. The van der Waals surface area contributed by atoms with Gasteiger partial charge in [0, 0.05) is 0 Å². The first-order valence-electron chi connectivity index (χ1n) is 7.53. The van der Waals surface area contributed by atoms with Crippen molar-refractivity contribution >= 4 is 0 Å². The van der Waals surface area contributed by atoms with Crippen LogP contribution in [0.4, 0.5) is 4.39 Å². The van der Waals surface area contributed by atoms with Gasteiger partial charge in [-0.05, 0) is 18.6 Å². The van der Waals surface area contributed by atoms with E-state index in [1.54, 1.807) is 6.07 Å². The Morgan fingerprint density at radius 3 is 2.26 bits per heavy atom. The summed E-state index contributed by atoms with van der Waals surface area (Å²) in [5.41, 5.74) is 0.573. The number of rotatable bonds is 10. The molecule has 1 unspecified atom stereocenters. The summed E-state index contributed by atoms with van der Waals surface area (Å²) in [7, 11) is 0. The van der Waals surface area contributed by atoms with Crippen LogP contribution in [0, 0.1) is 5.82 Å². The Labute approximate surface area is 116 Å². The van der Waals surface area contributed by atoms with Crippen LogP contribution < -0.4 is 0 Å². The highest BCUT2D eigenvalue weighted by atomic mass is 19.1. The van der Waals surface area contributed by atoms with Gasteiger partial charge in [0.05, 0.1) is 18.0 Å². The first-order chi connectivity index (χ1) is 9.24. The third-order valence-electron chi connectivity index (χ3n) is 3.42. The number of aliphatic hydroxyl groups excluding tert-OH is 1. The maximum atomic E-state index is 12.7. The smallest absolute Gasteiger partial charge is 0.141 e. The van der Waals surface area contributed by atoms with E-state index in [1.165, 1.54) is 44.6 Å². The van der Waals surface area contributed by atoms with E-state index < -0.39 is 6.10 Å². The highest BCUT2D eigenvalue weighted by Gasteiger charge is 2.08. The number of halogens is 1. The van der Waals surface area contributed by atoms with Crippen molar-refractivity contribution in [2.45, 2.75) is 70.8 Å². The topological polar surface area (TPSA) is 33.1 Å². The molecule has 0 aromatic carbocycles. The van der Waals surface area contributed by atoms with Crippen LogP contribution in [-0.2, 0) is 0 Å². The maximum Gasteiger partial charge on any atom is 0.141 e. The van der Waals surface area contributed by atoms with E-state index in [2.05, 4.69) is 11.9 Å². The van der Waals surface area contributed by atoms with Crippen LogP contribution in [0.25, 0.3) is 0 Å². The highest BCUT2D eigenvalue weighted by Crippen LogP contribution is 2.18. The van der Waals surface area contributed by atoms with Gasteiger partial charge in [0.15, 0.2) is 0 Å². The third kappa shape index (κ3) is 7.26. The molecule has 1 heterocycles. The van der Waals surface area contributed by atoms with E-state index in [0.717, 1.165) is 19.0 Å². The Hall–Kier alpha value is -0.960. The first-order valence-corrected chi connectivity index (χ1v) is 7.53. The molecule has 19 heavy (non-hydrogen) atoms. The van der Waals surface area contributed by atoms with Crippen molar-refractivity contribution in [2.24, 2.45) is 0 Å². The Balaban J connectivity index is 2.04. The molecule has 0 radical (unpaired) electrons. The van der Waals surface area contributed by atoms with Gasteiger partial charge in [0.1, 0.15) is 5.82 Å². The fraction of sp³-hybridized carbons (Fsp3) is 0.688. The van der Waals surface area contributed by atoms with Crippen LogP contribution in [0.2, 0.25) is 0 Å². The molecule has 1 N–H and O–H groups in total. The summed E-state index contributed by atoms with van der Waals surface area (Å²) >= 11 is 0. The number of nitrogens with zero attached hydrogens (tertiary/aromatic N) is 1. The van der Waals surface area contributed by atoms with Crippen molar-refractivity contribution < 1.29 is 9.50 Å². The number of pyridine rings is 1. The molecule has 0 saturated carbocycles. The van der Waals surface area contributed by atoms with Crippen LogP contribution in [0.3, 0.4) is 0 Å². The van der Waals surface area contributed by atoms with E-state index in [4.69, 9.17) is 0 Å². The minimum atomic E-state index is -0.555. The molecule has 1 aromatic heterocycles. The lowest BCUT2D eigenvalue weighted by Crippen LogP contribution is -2.00. The highest BCUT2D eigenvalue weighted by molar-refractivity contribution is 5.07. The van der Waals surface area contributed by atoms with Crippen LogP contribution in [0.15, 0.2) is 18.3 Å². The van der Waals surface area contributed by atoms with E-state index in [9.17, 15) is 9.50 Å². The Bertz CT molecular complexity index is 326. The van der Waals surface area contributed by atoms with Crippen LogP contribution >= 0.6 is 0 Å². The second kappa shape index (κ2) is 9.90. The van der Waals surface area contributed by atoms with Gasteiger partial charge in [-0.1, -0.05) is 58.3 Å². The Kier molecular flexibility index (Phi) is 8.39. The molecule has 2 nitrogen and oxygen atoms in total. The predicted octanol–water partition coefficient (Wildman–Crippen LogP) is 4.78. The molecular formula is C16H26FNO. The minimum Gasteiger partial charge on any atom is -0.387 e. The number of aromatic nitrogens is 1. The lowest BCUT2D eigenvalue weighted by molar-refractivity contribution is 0.158. The summed E-state index contributed by atoms with van der Waals surface area (Å²) < 4.78 is 12.7. The quantitative estimate of drug-likeness (QED) is 0.618. The summed E-state index contributed by atoms with van der Waals surface area (Å²) in [6, 6.07) is 2.91. The normalized spacial score (nSPS) is 12.6. The number of unbranched alkanes of at least 4 members (excludes halogenated alkanes) is 7. The zero-order valence-electron chi connectivity index (χ0n) is 11.9. The average molecular weight is 267 g/mol. The molecule has 3 heteroatoms. The van der Waals surface area contributed by atoms with Gasteiger partial charge < -0.3 is 5.11 Å². The van der Waals surface area contributed by atoms with E-state index in [1.807, 2.05) is 0 Å². The van der Waals surface area contributed by atoms with Gasteiger partial charge in [-0.3, -0.25) is 4.98 Å². The van der Waals surface area contributed by atoms with Gasteiger partial charge in [-0.25, -0.2) is 4.39 Å². The van der Waals surface area contributed by atoms with Gasteiger partial charge in [0.25, 0.3) is 0 Å². The van der Waals surface area contributed by atoms with Crippen molar-refractivity contribution in [2.75, 3.05) is 0 Å². The van der Waals surface area contributed by atoms with Crippen LogP contribution in [-0.4, -0.2) is 10.1 Å². The molecule has 1 rings (SSSR count). The molecule has 1 atom stereocenters. The van der Waals surface area contributed by atoms with Crippen molar-refractivity contribution in [1.29, 1.82) is 0 Å². The molecule has 0 bridgehead atoms. The van der Waals surface area contributed by atoms with E-state index in [0.29, 0.717) is 12.1 Å². The molecule has 0 spiro atoms. The van der Waals surface area contributed by atoms with Crippen molar-refractivity contribution in [3.63, 3.8) is 0 Å². The molecular weight excluding hydrogens is 241 g/mol. The predicted molar refractivity (Wildman–Crippen MR) is 76.4 cm³/mol. The molecule has 0 aliphatic rings. The summed E-state index contributed by atoms with van der Waals surface area (Å²) in [5.74, 6) is -0.358. The summed E-state index contributed by atoms with van der Waals surface area (Å²) in [6.45, 7) is 2.23. The van der Waals surface area contributed by atoms with Gasteiger partial charge in [-0.15, -0.1) is 0 Å². The van der Waals surface area contributed by atoms with Crippen LogP contribution in [0.5, 0.6) is 0 Å². The molecule has 0 fully saturated rings. The number of hydrogen-bond acceptors (Lipinski definition) is 2. The minimum absolute atomic E-state index is 0.358. The van der Waals surface area contributed by atoms with Gasteiger partial charge in [-0.2, -0.15) is 0 Å². The lowest BCUT2D eigenvalue weighted by Gasteiger charge is -2.09. The van der Waals surface area contributed by atoms with Gasteiger partial charge >= 0.3 is 0 Å². The van der Waals surface area contributed by atoms with Crippen molar-refractivity contribution in [1.82, 2.24) is 4.98 Å². The third-order valence-corrected chi connectivity index (χ3v) is 3.42. The van der Waals surface area contributed by atoms with Crippen molar-refractivity contribution in [3.05, 3.63) is 29.8 Å². The Morgan fingerprint density at radius 2 is 1.68 bits per heavy atom. The first kappa shape index (κ1) is 16.1. The van der Waals surface area contributed by atoms with E-state index in [-0.39, 0.29) is 5.82 Å². The lowest BCUT2D eigenvalue weighted by atomic mass is 10.0.